The number of nitrogens with one attached hydrogen (secondary N) is 1. The van der Waals surface area contributed by atoms with Crippen molar-refractivity contribution in [2.45, 2.75) is 20.0 Å². The second-order valence-electron chi connectivity index (χ2n) is 4.61. The Morgan fingerprint density at radius 1 is 1.28 bits per heavy atom. The second-order valence-corrected chi connectivity index (χ2v) is 5.67. The summed E-state index contributed by atoms with van der Waals surface area (Å²) in [6, 6.07) is 8.43. The Morgan fingerprint density at radius 2 is 2.06 bits per heavy atom. The van der Waals surface area contributed by atoms with Crippen molar-refractivity contribution in [2.24, 2.45) is 0 Å². The molecule has 2 rings (SSSR count). The number of nitrogens with zero attached hydrogens (tertiary/aromatic N) is 2. The molecule has 0 aliphatic carbocycles. The number of rotatable bonds is 5. The molecule has 0 aliphatic heterocycles. The van der Waals surface area contributed by atoms with Gasteiger partial charge < -0.3 is 10.2 Å². The van der Waals surface area contributed by atoms with Gasteiger partial charge in [0, 0.05) is 17.6 Å². The summed E-state index contributed by atoms with van der Waals surface area (Å²) in [4.78, 5) is 6.64. The van der Waals surface area contributed by atoms with Crippen molar-refractivity contribution >= 4 is 17.0 Å². The molecule has 2 aromatic rings. The van der Waals surface area contributed by atoms with Crippen molar-refractivity contribution in [1.82, 2.24) is 9.88 Å². The Balaban J connectivity index is 2.04. The number of hydrogen-bond donors (Lipinski definition) is 1. The molecule has 0 radical (unpaired) electrons. The van der Waals surface area contributed by atoms with E-state index >= 15 is 0 Å². The largest absolute Gasteiger partial charge is 0.379 e. The topological polar surface area (TPSA) is 28.2 Å². The maximum Gasteiger partial charge on any atom is 0.0898 e. The molecule has 0 aliphatic rings. The zero-order valence-electron chi connectivity index (χ0n) is 11.1. The molecule has 1 heterocycles. The van der Waals surface area contributed by atoms with E-state index in [1.54, 1.807) is 11.3 Å². The lowest BCUT2D eigenvalue weighted by atomic mass is 10.1. The number of aryl methyl sites for hydroxylation is 1. The van der Waals surface area contributed by atoms with Crippen LogP contribution in [0.15, 0.2) is 29.6 Å². The van der Waals surface area contributed by atoms with Crippen LogP contribution >= 0.6 is 11.3 Å². The molecule has 0 spiro atoms. The minimum absolute atomic E-state index is 0.786. The smallest absolute Gasteiger partial charge is 0.0898 e. The van der Waals surface area contributed by atoms with Gasteiger partial charge in [-0.15, -0.1) is 11.3 Å². The Morgan fingerprint density at radius 3 is 2.72 bits per heavy atom. The van der Waals surface area contributed by atoms with E-state index in [1.807, 2.05) is 6.92 Å². The molecule has 18 heavy (non-hydrogen) atoms. The number of para-hydroxylation sites is 1. The minimum Gasteiger partial charge on any atom is -0.379 e. The highest BCUT2D eigenvalue weighted by Crippen LogP contribution is 2.18. The molecule has 0 amide bonds. The van der Waals surface area contributed by atoms with Crippen LogP contribution in [0.5, 0.6) is 0 Å². The molecule has 0 fully saturated rings. The van der Waals surface area contributed by atoms with Crippen molar-refractivity contribution < 1.29 is 0 Å². The van der Waals surface area contributed by atoms with E-state index in [-0.39, 0.29) is 0 Å². The summed E-state index contributed by atoms with van der Waals surface area (Å²) in [6.45, 7) is 3.77. The Hall–Kier alpha value is -1.39. The van der Waals surface area contributed by atoms with Crippen molar-refractivity contribution in [2.75, 3.05) is 19.4 Å². The average molecular weight is 261 g/mol. The van der Waals surface area contributed by atoms with Crippen LogP contribution in [0.4, 0.5) is 5.69 Å². The summed E-state index contributed by atoms with van der Waals surface area (Å²) in [6.07, 6.45) is 0. The fraction of sp³-hybridized carbons (Fsp3) is 0.357. The summed E-state index contributed by atoms with van der Waals surface area (Å²) in [5, 5.41) is 6.69. The lowest BCUT2D eigenvalue weighted by molar-refractivity contribution is 0.403. The highest BCUT2D eigenvalue weighted by atomic mass is 32.1. The third kappa shape index (κ3) is 3.55. The zero-order chi connectivity index (χ0) is 13.0. The van der Waals surface area contributed by atoms with E-state index in [9.17, 15) is 0 Å². The van der Waals surface area contributed by atoms with Gasteiger partial charge in [-0.3, -0.25) is 0 Å². The first-order chi connectivity index (χ1) is 8.65. The Labute approximate surface area is 112 Å². The summed E-state index contributed by atoms with van der Waals surface area (Å²) in [7, 11) is 4.17. The van der Waals surface area contributed by atoms with Gasteiger partial charge in [-0.05, 0) is 32.6 Å². The molecule has 96 valence electrons. The molecule has 1 N–H and O–H groups in total. The summed E-state index contributed by atoms with van der Waals surface area (Å²) >= 11 is 1.70. The lowest BCUT2D eigenvalue weighted by Gasteiger charge is -2.15. The van der Waals surface area contributed by atoms with Crippen LogP contribution in [0.3, 0.4) is 0 Å². The lowest BCUT2D eigenvalue weighted by Crippen LogP contribution is -2.12. The van der Waals surface area contributed by atoms with Gasteiger partial charge in [-0.2, -0.15) is 0 Å². The highest BCUT2D eigenvalue weighted by Gasteiger charge is 2.03. The third-order valence-electron chi connectivity index (χ3n) is 2.63. The predicted octanol–water partition coefficient (Wildman–Crippen LogP) is 3.13. The van der Waals surface area contributed by atoms with Crippen molar-refractivity contribution in [3.8, 4) is 0 Å². The monoisotopic (exact) mass is 261 g/mol. The highest BCUT2D eigenvalue weighted by molar-refractivity contribution is 7.09. The standard InChI is InChI=1S/C14H19N3S/c1-11-16-13(10-18-11)8-15-14-7-5-4-6-12(14)9-17(2)3/h4-7,10,15H,8-9H2,1-3H3. The summed E-state index contributed by atoms with van der Waals surface area (Å²) in [5.41, 5.74) is 3.61. The number of aromatic nitrogens is 1. The van der Waals surface area contributed by atoms with Crippen molar-refractivity contribution in [3.63, 3.8) is 0 Å². The van der Waals surface area contributed by atoms with Crippen molar-refractivity contribution in [3.05, 3.63) is 45.9 Å². The molecule has 0 saturated carbocycles. The minimum atomic E-state index is 0.786. The first-order valence-corrected chi connectivity index (χ1v) is 6.90. The number of hydrogen-bond acceptors (Lipinski definition) is 4. The zero-order valence-corrected chi connectivity index (χ0v) is 11.9. The molecule has 3 nitrogen and oxygen atoms in total. The fourth-order valence-corrected chi connectivity index (χ4v) is 2.46. The molecule has 1 aromatic heterocycles. The van der Waals surface area contributed by atoms with Crippen LogP contribution in [0.1, 0.15) is 16.3 Å². The van der Waals surface area contributed by atoms with Crippen molar-refractivity contribution in [1.29, 1.82) is 0 Å². The first kappa shape index (κ1) is 13.1. The van der Waals surface area contributed by atoms with E-state index < -0.39 is 0 Å². The maximum absolute atomic E-state index is 4.46. The molecular weight excluding hydrogens is 242 g/mol. The van der Waals surface area contributed by atoms with Gasteiger partial charge in [-0.1, -0.05) is 18.2 Å². The summed E-state index contributed by atoms with van der Waals surface area (Å²) < 4.78 is 0. The van der Waals surface area contributed by atoms with Gasteiger partial charge in [0.15, 0.2) is 0 Å². The number of benzene rings is 1. The van der Waals surface area contributed by atoms with E-state index in [0.29, 0.717) is 0 Å². The van der Waals surface area contributed by atoms with E-state index in [0.717, 1.165) is 23.8 Å². The fourth-order valence-electron chi connectivity index (χ4n) is 1.85. The van der Waals surface area contributed by atoms with E-state index in [1.165, 1.54) is 11.3 Å². The summed E-state index contributed by atoms with van der Waals surface area (Å²) in [5.74, 6) is 0. The first-order valence-electron chi connectivity index (χ1n) is 6.02. The Kier molecular flexibility index (Phi) is 4.33. The third-order valence-corrected chi connectivity index (χ3v) is 3.45. The van der Waals surface area contributed by atoms with Crippen LogP contribution in [0.25, 0.3) is 0 Å². The van der Waals surface area contributed by atoms with Gasteiger partial charge in [-0.25, -0.2) is 4.98 Å². The van der Waals surface area contributed by atoms with Crippen LogP contribution < -0.4 is 5.32 Å². The van der Waals surface area contributed by atoms with Gasteiger partial charge in [0.1, 0.15) is 0 Å². The van der Waals surface area contributed by atoms with E-state index in [4.69, 9.17) is 0 Å². The molecular formula is C14H19N3S. The molecule has 0 bridgehead atoms. The van der Waals surface area contributed by atoms with Crippen LogP contribution in [0, 0.1) is 6.92 Å². The second kappa shape index (κ2) is 5.98. The van der Waals surface area contributed by atoms with E-state index in [2.05, 4.69) is 58.9 Å². The van der Waals surface area contributed by atoms with Crippen LogP contribution in [-0.2, 0) is 13.1 Å². The van der Waals surface area contributed by atoms with Gasteiger partial charge >= 0.3 is 0 Å². The quantitative estimate of drug-likeness (QED) is 0.896. The van der Waals surface area contributed by atoms with Crippen LogP contribution in [0.2, 0.25) is 0 Å². The molecule has 4 heteroatoms. The number of anilines is 1. The number of thiazole rings is 1. The van der Waals surface area contributed by atoms with Crippen LogP contribution in [-0.4, -0.2) is 24.0 Å². The molecule has 0 saturated heterocycles. The Bertz CT molecular complexity index is 505. The average Bonchev–Trinajstić information content (AvgIpc) is 2.73. The predicted molar refractivity (Wildman–Crippen MR) is 78.0 cm³/mol. The normalized spacial score (nSPS) is 10.9. The molecule has 0 atom stereocenters. The SMILES string of the molecule is Cc1nc(CNc2ccccc2CN(C)C)cs1. The van der Waals surface area contributed by atoms with Gasteiger partial charge in [0.2, 0.25) is 0 Å². The molecule has 1 aromatic carbocycles. The van der Waals surface area contributed by atoms with Gasteiger partial charge in [0.05, 0.1) is 17.2 Å². The van der Waals surface area contributed by atoms with Gasteiger partial charge in [0.25, 0.3) is 0 Å². The molecule has 0 unspecified atom stereocenters. The maximum atomic E-state index is 4.46.